The number of morpholine rings is 1. The van der Waals surface area contributed by atoms with Crippen molar-refractivity contribution < 1.29 is 38.1 Å². The minimum absolute atomic E-state index is 0.120. The summed E-state index contributed by atoms with van der Waals surface area (Å²) in [5.41, 5.74) is 3.71. The number of ether oxygens (including phenoxy) is 5. The van der Waals surface area contributed by atoms with Gasteiger partial charge in [0.15, 0.2) is 29.6 Å². The quantitative estimate of drug-likeness (QED) is 0.232. The molecule has 0 aromatic heterocycles. The molecule has 1 aliphatic rings. The molecule has 2 N–H and O–H groups in total. The summed E-state index contributed by atoms with van der Waals surface area (Å²) in [6, 6.07) is 10.4. The van der Waals surface area contributed by atoms with Gasteiger partial charge in [-0.25, -0.2) is 5.43 Å². The van der Waals surface area contributed by atoms with Crippen LogP contribution in [0.25, 0.3) is 0 Å². The molecular formula is C27H34N4O8. The number of carbonyl (C=O) groups excluding carboxylic acids is 3. The molecule has 0 radical (unpaired) electrons. The van der Waals surface area contributed by atoms with Crippen LogP contribution in [0.5, 0.6) is 23.0 Å². The highest BCUT2D eigenvalue weighted by Gasteiger charge is 2.18. The zero-order chi connectivity index (χ0) is 28.0. The van der Waals surface area contributed by atoms with Gasteiger partial charge < -0.3 is 33.9 Å². The van der Waals surface area contributed by atoms with E-state index in [1.165, 1.54) is 6.21 Å². The Kier molecular flexibility index (Phi) is 11.4. The largest absolute Gasteiger partial charge is 0.493 e. The fraction of sp³-hybridized carbons (Fsp3) is 0.407. The van der Waals surface area contributed by atoms with Gasteiger partial charge in [-0.3, -0.25) is 14.4 Å². The minimum atomic E-state index is -0.898. The molecule has 1 saturated heterocycles. The first-order valence-electron chi connectivity index (χ1n) is 12.5. The van der Waals surface area contributed by atoms with Crippen LogP contribution in [0.2, 0.25) is 0 Å². The van der Waals surface area contributed by atoms with Crippen LogP contribution in [-0.4, -0.2) is 89.1 Å². The standard InChI is InChI=1S/C27H34N4O8/c1-4-38-24-16-20(6-8-22(24)39-18-25(32)31-11-13-37-14-12-31)17-29-30-27(34)26(33)28-10-9-19-5-7-21(35-2)23(15-19)36-3/h5-8,15-17H,4,9-14,18H2,1-3H3,(H,28,33)(H,30,34)/b29-17-. The van der Waals surface area contributed by atoms with Gasteiger partial charge in [-0.2, -0.15) is 5.10 Å². The average molecular weight is 543 g/mol. The first kappa shape index (κ1) is 29.2. The molecular weight excluding hydrogens is 508 g/mol. The maximum absolute atomic E-state index is 12.4. The topological polar surface area (TPSA) is 137 Å². The number of nitrogens with one attached hydrogen (secondary N) is 2. The number of methoxy groups -OCH3 is 2. The Morgan fingerprint density at radius 2 is 1.69 bits per heavy atom. The lowest BCUT2D eigenvalue weighted by atomic mass is 10.1. The third-order valence-electron chi connectivity index (χ3n) is 5.72. The SMILES string of the molecule is CCOc1cc(/C=N\NC(=O)C(=O)NCCc2ccc(OC)c(OC)c2)ccc1OCC(=O)N1CCOCC1. The molecule has 1 aliphatic heterocycles. The molecule has 0 bridgehead atoms. The van der Waals surface area contributed by atoms with Crippen molar-refractivity contribution in [2.45, 2.75) is 13.3 Å². The van der Waals surface area contributed by atoms with Gasteiger partial charge in [-0.15, -0.1) is 0 Å². The molecule has 3 rings (SSSR count). The van der Waals surface area contributed by atoms with Crippen LogP contribution >= 0.6 is 0 Å². The van der Waals surface area contributed by atoms with Gasteiger partial charge in [0.1, 0.15) is 0 Å². The molecule has 2 aromatic rings. The van der Waals surface area contributed by atoms with Gasteiger partial charge in [-0.1, -0.05) is 6.07 Å². The van der Waals surface area contributed by atoms with Gasteiger partial charge in [0.25, 0.3) is 5.91 Å². The highest BCUT2D eigenvalue weighted by Crippen LogP contribution is 2.28. The van der Waals surface area contributed by atoms with E-state index in [2.05, 4.69) is 15.8 Å². The van der Waals surface area contributed by atoms with E-state index in [1.54, 1.807) is 43.4 Å². The molecule has 0 aliphatic carbocycles. The molecule has 0 saturated carbocycles. The van der Waals surface area contributed by atoms with E-state index in [0.717, 1.165) is 5.56 Å². The maximum Gasteiger partial charge on any atom is 0.329 e. The van der Waals surface area contributed by atoms with E-state index < -0.39 is 11.8 Å². The Hall–Kier alpha value is -4.32. The third-order valence-corrected chi connectivity index (χ3v) is 5.72. The summed E-state index contributed by atoms with van der Waals surface area (Å²) in [6.45, 7) is 4.45. The van der Waals surface area contributed by atoms with E-state index in [1.807, 2.05) is 19.1 Å². The molecule has 12 nitrogen and oxygen atoms in total. The predicted molar refractivity (Wildman–Crippen MR) is 143 cm³/mol. The number of hydrogen-bond donors (Lipinski definition) is 2. The first-order chi connectivity index (χ1) is 18.9. The van der Waals surface area contributed by atoms with Crippen molar-refractivity contribution in [1.29, 1.82) is 0 Å². The maximum atomic E-state index is 12.4. The van der Waals surface area contributed by atoms with Crippen LogP contribution in [0, 0.1) is 0 Å². The van der Waals surface area contributed by atoms with Crippen molar-refractivity contribution in [3.05, 3.63) is 47.5 Å². The number of amides is 3. The highest BCUT2D eigenvalue weighted by molar-refractivity contribution is 6.35. The van der Waals surface area contributed by atoms with Crippen molar-refractivity contribution in [1.82, 2.24) is 15.6 Å². The van der Waals surface area contributed by atoms with Gasteiger partial charge >= 0.3 is 11.8 Å². The second kappa shape index (κ2) is 15.2. The van der Waals surface area contributed by atoms with Crippen LogP contribution in [0.4, 0.5) is 0 Å². The van der Waals surface area contributed by atoms with E-state index >= 15 is 0 Å². The number of carbonyl (C=O) groups is 3. The summed E-state index contributed by atoms with van der Waals surface area (Å²) in [5.74, 6) is 0.195. The summed E-state index contributed by atoms with van der Waals surface area (Å²) in [5, 5.41) is 6.41. The summed E-state index contributed by atoms with van der Waals surface area (Å²) in [6.07, 6.45) is 1.87. The molecule has 0 unspecified atom stereocenters. The van der Waals surface area contributed by atoms with Crippen LogP contribution in [0.1, 0.15) is 18.1 Å². The number of rotatable bonds is 12. The van der Waals surface area contributed by atoms with Crippen molar-refractivity contribution in [3.63, 3.8) is 0 Å². The molecule has 0 atom stereocenters. The first-order valence-corrected chi connectivity index (χ1v) is 12.5. The van der Waals surface area contributed by atoms with Crippen molar-refractivity contribution in [2.75, 3.05) is 60.3 Å². The number of hydrogen-bond acceptors (Lipinski definition) is 9. The van der Waals surface area contributed by atoms with Gasteiger partial charge in [0, 0.05) is 19.6 Å². The Labute approximate surface area is 227 Å². The van der Waals surface area contributed by atoms with Crippen molar-refractivity contribution >= 4 is 23.9 Å². The number of nitrogens with zero attached hydrogens (tertiary/aromatic N) is 2. The molecule has 1 heterocycles. The molecule has 3 amide bonds. The number of hydrazone groups is 1. The molecule has 2 aromatic carbocycles. The second-order valence-electron chi connectivity index (χ2n) is 8.32. The molecule has 39 heavy (non-hydrogen) atoms. The summed E-state index contributed by atoms with van der Waals surface area (Å²) >= 11 is 0. The lowest BCUT2D eigenvalue weighted by Gasteiger charge is -2.26. The Balaban J connectivity index is 1.47. The Bertz CT molecular complexity index is 1160. The smallest absolute Gasteiger partial charge is 0.329 e. The molecule has 210 valence electrons. The van der Waals surface area contributed by atoms with Crippen molar-refractivity contribution in [3.8, 4) is 23.0 Å². The summed E-state index contributed by atoms with van der Waals surface area (Å²) in [4.78, 5) is 38.3. The van der Waals surface area contributed by atoms with Crippen LogP contribution in [0.3, 0.4) is 0 Å². The van der Waals surface area contributed by atoms with Crippen molar-refractivity contribution in [2.24, 2.45) is 5.10 Å². The lowest BCUT2D eigenvalue weighted by Crippen LogP contribution is -2.43. The molecule has 12 heteroatoms. The van der Waals surface area contributed by atoms with E-state index in [0.29, 0.717) is 67.9 Å². The zero-order valence-electron chi connectivity index (χ0n) is 22.4. The van der Waals surface area contributed by atoms with Crippen LogP contribution in [0.15, 0.2) is 41.5 Å². The summed E-state index contributed by atoms with van der Waals surface area (Å²) < 4.78 is 27.1. The average Bonchev–Trinajstić information content (AvgIpc) is 2.96. The summed E-state index contributed by atoms with van der Waals surface area (Å²) in [7, 11) is 3.10. The van der Waals surface area contributed by atoms with Gasteiger partial charge in [0.2, 0.25) is 0 Å². The lowest BCUT2D eigenvalue weighted by molar-refractivity contribution is -0.139. The van der Waals surface area contributed by atoms with Gasteiger partial charge in [0.05, 0.1) is 40.3 Å². The van der Waals surface area contributed by atoms with Crippen LogP contribution in [-0.2, 0) is 25.5 Å². The normalized spacial score (nSPS) is 13.1. The van der Waals surface area contributed by atoms with E-state index in [-0.39, 0.29) is 19.1 Å². The number of benzene rings is 2. The highest BCUT2D eigenvalue weighted by atomic mass is 16.5. The fourth-order valence-electron chi connectivity index (χ4n) is 3.69. The predicted octanol–water partition coefficient (Wildman–Crippen LogP) is 1.15. The fourth-order valence-corrected chi connectivity index (χ4v) is 3.69. The zero-order valence-corrected chi connectivity index (χ0v) is 22.4. The molecule has 1 fully saturated rings. The minimum Gasteiger partial charge on any atom is -0.493 e. The van der Waals surface area contributed by atoms with E-state index in [4.69, 9.17) is 23.7 Å². The van der Waals surface area contributed by atoms with E-state index in [9.17, 15) is 14.4 Å². The van der Waals surface area contributed by atoms with Crippen LogP contribution < -0.4 is 29.7 Å². The van der Waals surface area contributed by atoms with Gasteiger partial charge in [-0.05, 0) is 54.8 Å². The Morgan fingerprint density at radius 3 is 2.41 bits per heavy atom. The second-order valence-corrected chi connectivity index (χ2v) is 8.32. The third kappa shape index (κ3) is 8.88. The monoisotopic (exact) mass is 542 g/mol. The molecule has 0 spiro atoms. The Morgan fingerprint density at radius 1 is 0.949 bits per heavy atom.